The summed E-state index contributed by atoms with van der Waals surface area (Å²) in [5.41, 5.74) is 0.868. The van der Waals surface area contributed by atoms with Crippen molar-refractivity contribution in [1.29, 1.82) is 0 Å². The quantitative estimate of drug-likeness (QED) is 0.873. The summed E-state index contributed by atoms with van der Waals surface area (Å²) in [5.74, 6) is -0.483. The number of aliphatic hydroxyl groups excluding tert-OH is 1. The second kappa shape index (κ2) is 5.57. The molecule has 0 aliphatic carbocycles. The average Bonchev–Trinajstić information content (AvgIpc) is 2.37. The lowest BCUT2D eigenvalue weighted by Crippen LogP contribution is -2.55. The second-order valence-electron chi connectivity index (χ2n) is 4.76. The molecule has 5 heteroatoms. The number of carbonyl (C=O) groups is 1. The summed E-state index contributed by atoms with van der Waals surface area (Å²) in [4.78, 5) is 13.7. The molecule has 0 spiro atoms. The van der Waals surface area contributed by atoms with E-state index in [0.29, 0.717) is 25.2 Å². The van der Waals surface area contributed by atoms with Crippen LogP contribution in [0.5, 0.6) is 0 Å². The summed E-state index contributed by atoms with van der Waals surface area (Å²) in [7, 11) is 0. The van der Waals surface area contributed by atoms with Crippen molar-refractivity contribution in [3.05, 3.63) is 29.6 Å². The first-order valence-electron chi connectivity index (χ1n) is 6.57. The molecule has 1 aromatic carbocycles. The van der Waals surface area contributed by atoms with Crippen LogP contribution in [0.2, 0.25) is 0 Å². The van der Waals surface area contributed by atoms with E-state index < -0.39 is 11.9 Å². The van der Waals surface area contributed by atoms with Gasteiger partial charge in [0.05, 0.1) is 6.10 Å². The standard InChI is InChI=1S/C14H19FN2O2/c1-3-11-14(19)16-7-8-17(11)12-6-4-5-10(15)13(12)9(2)18/h4-6,9,11,18H,3,7-8H2,1-2H3,(H,16,19)/t9-,11?/m0/s1. The minimum atomic E-state index is -0.904. The Morgan fingerprint density at radius 1 is 1.58 bits per heavy atom. The minimum Gasteiger partial charge on any atom is -0.389 e. The van der Waals surface area contributed by atoms with Crippen molar-refractivity contribution >= 4 is 11.6 Å². The van der Waals surface area contributed by atoms with E-state index in [1.165, 1.54) is 13.0 Å². The van der Waals surface area contributed by atoms with Crippen LogP contribution in [0.1, 0.15) is 31.9 Å². The number of nitrogens with zero attached hydrogens (tertiary/aromatic N) is 1. The number of amides is 1. The van der Waals surface area contributed by atoms with Crippen LogP contribution >= 0.6 is 0 Å². The Kier molecular flexibility index (Phi) is 4.04. The molecule has 19 heavy (non-hydrogen) atoms. The third-order valence-corrected chi connectivity index (χ3v) is 3.47. The van der Waals surface area contributed by atoms with Crippen molar-refractivity contribution in [3.63, 3.8) is 0 Å². The summed E-state index contributed by atoms with van der Waals surface area (Å²) < 4.78 is 13.9. The van der Waals surface area contributed by atoms with E-state index in [-0.39, 0.29) is 17.5 Å². The molecular weight excluding hydrogens is 247 g/mol. The number of hydrogen-bond donors (Lipinski definition) is 2. The van der Waals surface area contributed by atoms with Gasteiger partial charge in [-0.1, -0.05) is 13.0 Å². The smallest absolute Gasteiger partial charge is 0.242 e. The molecule has 1 aromatic rings. The topological polar surface area (TPSA) is 52.6 Å². The number of rotatable bonds is 3. The third kappa shape index (κ3) is 2.56. The molecule has 1 unspecified atom stereocenters. The number of aliphatic hydroxyl groups is 1. The van der Waals surface area contributed by atoms with Gasteiger partial charge in [-0.2, -0.15) is 0 Å². The molecule has 2 rings (SSSR count). The van der Waals surface area contributed by atoms with E-state index in [4.69, 9.17) is 0 Å². The highest BCUT2D eigenvalue weighted by molar-refractivity contribution is 5.86. The van der Waals surface area contributed by atoms with Gasteiger partial charge in [0, 0.05) is 24.3 Å². The van der Waals surface area contributed by atoms with Gasteiger partial charge in [0.25, 0.3) is 0 Å². The molecule has 0 radical (unpaired) electrons. The zero-order valence-electron chi connectivity index (χ0n) is 11.2. The fourth-order valence-electron chi connectivity index (χ4n) is 2.60. The van der Waals surface area contributed by atoms with Crippen LogP contribution in [0.3, 0.4) is 0 Å². The molecule has 1 saturated heterocycles. The van der Waals surface area contributed by atoms with Crippen molar-refractivity contribution in [2.45, 2.75) is 32.4 Å². The van der Waals surface area contributed by atoms with Crippen LogP contribution in [0.4, 0.5) is 10.1 Å². The molecule has 1 fully saturated rings. The van der Waals surface area contributed by atoms with Gasteiger partial charge >= 0.3 is 0 Å². The van der Waals surface area contributed by atoms with E-state index >= 15 is 0 Å². The number of anilines is 1. The third-order valence-electron chi connectivity index (χ3n) is 3.47. The molecule has 4 nitrogen and oxygen atoms in total. The fraction of sp³-hybridized carbons (Fsp3) is 0.500. The van der Waals surface area contributed by atoms with Crippen LogP contribution in [-0.4, -0.2) is 30.1 Å². The highest BCUT2D eigenvalue weighted by atomic mass is 19.1. The zero-order chi connectivity index (χ0) is 14.0. The molecule has 0 bridgehead atoms. The molecule has 1 aliphatic heterocycles. The molecule has 2 N–H and O–H groups in total. The number of piperazine rings is 1. The summed E-state index contributed by atoms with van der Waals surface area (Å²) in [6.45, 7) is 4.61. The molecule has 2 atom stereocenters. The Morgan fingerprint density at radius 3 is 2.95 bits per heavy atom. The van der Waals surface area contributed by atoms with Crippen molar-refractivity contribution in [1.82, 2.24) is 5.32 Å². The van der Waals surface area contributed by atoms with E-state index in [9.17, 15) is 14.3 Å². The number of halogens is 1. The second-order valence-corrected chi connectivity index (χ2v) is 4.76. The van der Waals surface area contributed by atoms with Gasteiger partial charge in [-0.15, -0.1) is 0 Å². The van der Waals surface area contributed by atoms with E-state index in [1.807, 2.05) is 11.8 Å². The van der Waals surface area contributed by atoms with Crippen LogP contribution in [0.25, 0.3) is 0 Å². The monoisotopic (exact) mass is 266 g/mol. The van der Waals surface area contributed by atoms with E-state index in [2.05, 4.69) is 5.32 Å². The molecular formula is C14H19FN2O2. The van der Waals surface area contributed by atoms with Crippen LogP contribution in [0, 0.1) is 5.82 Å². The minimum absolute atomic E-state index is 0.0467. The summed E-state index contributed by atoms with van der Waals surface area (Å²) >= 11 is 0. The Morgan fingerprint density at radius 2 is 2.32 bits per heavy atom. The lowest BCUT2D eigenvalue weighted by atomic mass is 10.0. The van der Waals surface area contributed by atoms with Crippen LogP contribution < -0.4 is 10.2 Å². The average molecular weight is 266 g/mol. The van der Waals surface area contributed by atoms with Crippen molar-refractivity contribution in [2.75, 3.05) is 18.0 Å². The van der Waals surface area contributed by atoms with Gasteiger partial charge < -0.3 is 15.3 Å². The Balaban J connectivity index is 2.45. The van der Waals surface area contributed by atoms with Gasteiger partial charge in [-0.25, -0.2) is 4.39 Å². The summed E-state index contributed by atoms with van der Waals surface area (Å²) in [5, 5.41) is 12.6. The normalized spacial score (nSPS) is 21.2. The maximum atomic E-state index is 13.9. The molecule has 0 saturated carbocycles. The Hall–Kier alpha value is -1.62. The molecule has 104 valence electrons. The molecule has 1 aliphatic rings. The maximum Gasteiger partial charge on any atom is 0.242 e. The van der Waals surface area contributed by atoms with E-state index in [1.54, 1.807) is 12.1 Å². The van der Waals surface area contributed by atoms with Crippen molar-refractivity contribution in [2.24, 2.45) is 0 Å². The first-order chi connectivity index (χ1) is 9.06. The highest BCUT2D eigenvalue weighted by Crippen LogP contribution is 2.31. The highest BCUT2D eigenvalue weighted by Gasteiger charge is 2.30. The lowest BCUT2D eigenvalue weighted by molar-refractivity contribution is -0.123. The van der Waals surface area contributed by atoms with Crippen LogP contribution in [-0.2, 0) is 4.79 Å². The molecule has 1 heterocycles. The molecule has 1 amide bonds. The Labute approximate surface area is 112 Å². The predicted molar refractivity (Wildman–Crippen MR) is 71.5 cm³/mol. The van der Waals surface area contributed by atoms with Crippen molar-refractivity contribution in [3.8, 4) is 0 Å². The maximum absolute atomic E-state index is 13.9. The van der Waals surface area contributed by atoms with Gasteiger partial charge in [0.15, 0.2) is 0 Å². The van der Waals surface area contributed by atoms with Gasteiger partial charge in [0.1, 0.15) is 11.9 Å². The van der Waals surface area contributed by atoms with E-state index in [0.717, 1.165) is 0 Å². The number of benzene rings is 1. The predicted octanol–water partition coefficient (Wildman–Crippen LogP) is 1.59. The first-order valence-corrected chi connectivity index (χ1v) is 6.57. The largest absolute Gasteiger partial charge is 0.389 e. The van der Waals surface area contributed by atoms with Gasteiger partial charge in [-0.3, -0.25) is 4.79 Å². The molecule has 0 aromatic heterocycles. The zero-order valence-corrected chi connectivity index (χ0v) is 11.2. The van der Waals surface area contributed by atoms with Gasteiger partial charge in [-0.05, 0) is 25.5 Å². The van der Waals surface area contributed by atoms with Crippen molar-refractivity contribution < 1.29 is 14.3 Å². The van der Waals surface area contributed by atoms with Gasteiger partial charge in [0.2, 0.25) is 5.91 Å². The number of hydrogen-bond acceptors (Lipinski definition) is 3. The fourth-order valence-corrected chi connectivity index (χ4v) is 2.60. The summed E-state index contributed by atoms with van der Waals surface area (Å²) in [6.07, 6.45) is -0.264. The Bertz CT molecular complexity index is 477. The summed E-state index contributed by atoms with van der Waals surface area (Å²) in [6, 6.07) is 4.38. The first kappa shape index (κ1) is 13.8. The number of nitrogens with one attached hydrogen (secondary N) is 1. The number of carbonyl (C=O) groups excluding carboxylic acids is 1. The lowest BCUT2D eigenvalue weighted by Gasteiger charge is -2.37. The van der Waals surface area contributed by atoms with Crippen LogP contribution in [0.15, 0.2) is 18.2 Å². The SMILES string of the molecule is CCC1C(=O)NCCN1c1cccc(F)c1[C@H](C)O.